The summed E-state index contributed by atoms with van der Waals surface area (Å²) in [4.78, 5) is 0. The maximum atomic E-state index is 2.44. The highest BCUT2D eigenvalue weighted by molar-refractivity contribution is 4.84. The summed E-state index contributed by atoms with van der Waals surface area (Å²) in [5, 5.41) is 0. The molecule has 1 atom stereocenters. The minimum atomic E-state index is 0.646. The largest absolute Gasteiger partial charge is 0.0654 e. The van der Waals surface area contributed by atoms with Crippen molar-refractivity contribution in [1.29, 1.82) is 0 Å². The van der Waals surface area contributed by atoms with Gasteiger partial charge < -0.3 is 0 Å². The first kappa shape index (κ1) is 21.0. The molecule has 1 unspecified atom stereocenters. The molecular formula is C21H44. The minimum Gasteiger partial charge on any atom is -0.0654 e. The van der Waals surface area contributed by atoms with Crippen molar-refractivity contribution < 1.29 is 0 Å². The Kier molecular flexibility index (Phi) is 13.6. The average Bonchev–Trinajstić information content (AvgIpc) is 2.52. The molecule has 0 radical (unpaired) electrons. The van der Waals surface area contributed by atoms with Gasteiger partial charge in [-0.1, -0.05) is 112 Å². The first-order valence-electron chi connectivity index (χ1n) is 10.2. The fraction of sp³-hybridized carbons (Fsp3) is 1.00. The summed E-state index contributed by atoms with van der Waals surface area (Å²) in [6.45, 7) is 12.0. The van der Waals surface area contributed by atoms with Gasteiger partial charge in [0, 0.05) is 0 Å². The van der Waals surface area contributed by atoms with Crippen LogP contribution < -0.4 is 0 Å². The van der Waals surface area contributed by atoms with E-state index < -0.39 is 0 Å². The highest BCUT2D eigenvalue weighted by Gasteiger charge is 2.33. The summed E-state index contributed by atoms with van der Waals surface area (Å²) in [6, 6.07) is 0. The SMILES string of the molecule is CCCCCCCCC(CC)C(CC)(CC)CCCCC. The fourth-order valence-corrected chi connectivity index (χ4v) is 4.23. The van der Waals surface area contributed by atoms with Gasteiger partial charge in [-0.05, 0) is 24.2 Å². The lowest BCUT2D eigenvalue weighted by Gasteiger charge is -2.40. The van der Waals surface area contributed by atoms with Gasteiger partial charge in [-0.2, -0.15) is 0 Å². The van der Waals surface area contributed by atoms with Crippen LogP contribution in [0.1, 0.15) is 125 Å². The van der Waals surface area contributed by atoms with E-state index in [9.17, 15) is 0 Å². The Morgan fingerprint density at radius 2 is 1.14 bits per heavy atom. The van der Waals surface area contributed by atoms with E-state index in [-0.39, 0.29) is 0 Å². The molecule has 0 aromatic heterocycles. The molecule has 0 aliphatic carbocycles. The Morgan fingerprint density at radius 1 is 0.619 bits per heavy atom. The maximum absolute atomic E-state index is 2.44. The van der Waals surface area contributed by atoms with E-state index in [1.807, 2.05) is 0 Å². The molecule has 0 aliphatic heterocycles. The normalized spacial score (nSPS) is 13.6. The summed E-state index contributed by atoms with van der Waals surface area (Å²) < 4.78 is 0. The van der Waals surface area contributed by atoms with Crippen LogP contribution in [0.4, 0.5) is 0 Å². The van der Waals surface area contributed by atoms with E-state index >= 15 is 0 Å². The molecule has 0 rings (SSSR count). The molecule has 0 fully saturated rings. The molecular weight excluding hydrogens is 252 g/mol. The van der Waals surface area contributed by atoms with E-state index in [1.165, 1.54) is 89.9 Å². The van der Waals surface area contributed by atoms with E-state index in [4.69, 9.17) is 0 Å². The lowest BCUT2D eigenvalue weighted by molar-refractivity contribution is 0.108. The molecule has 0 N–H and O–H groups in total. The zero-order chi connectivity index (χ0) is 16.0. The van der Waals surface area contributed by atoms with Crippen LogP contribution in [0.5, 0.6) is 0 Å². The van der Waals surface area contributed by atoms with Gasteiger partial charge in [0.25, 0.3) is 0 Å². The van der Waals surface area contributed by atoms with Crippen molar-refractivity contribution >= 4 is 0 Å². The minimum absolute atomic E-state index is 0.646. The van der Waals surface area contributed by atoms with Crippen molar-refractivity contribution in [2.24, 2.45) is 11.3 Å². The third-order valence-electron chi connectivity index (χ3n) is 5.95. The van der Waals surface area contributed by atoms with Crippen molar-refractivity contribution in [3.8, 4) is 0 Å². The average molecular weight is 297 g/mol. The van der Waals surface area contributed by atoms with Crippen molar-refractivity contribution in [3.05, 3.63) is 0 Å². The lowest BCUT2D eigenvalue weighted by atomic mass is 9.65. The molecule has 0 saturated carbocycles. The third kappa shape index (κ3) is 8.27. The molecule has 0 bridgehead atoms. The predicted molar refractivity (Wildman–Crippen MR) is 98.9 cm³/mol. The van der Waals surface area contributed by atoms with Gasteiger partial charge in [0.2, 0.25) is 0 Å². The van der Waals surface area contributed by atoms with Crippen LogP contribution in [0.3, 0.4) is 0 Å². The zero-order valence-electron chi connectivity index (χ0n) is 16.0. The number of rotatable bonds is 15. The summed E-state index contributed by atoms with van der Waals surface area (Å²) in [5.41, 5.74) is 0.646. The summed E-state index contributed by atoms with van der Waals surface area (Å²) >= 11 is 0. The second-order valence-electron chi connectivity index (χ2n) is 7.19. The van der Waals surface area contributed by atoms with Gasteiger partial charge in [-0.15, -0.1) is 0 Å². The molecule has 0 amide bonds. The molecule has 0 heteroatoms. The van der Waals surface area contributed by atoms with Crippen LogP contribution in [0, 0.1) is 11.3 Å². The monoisotopic (exact) mass is 296 g/mol. The quantitative estimate of drug-likeness (QED) is 0.267. The Bertz CT molecular complexity index is 202. The van der Waals surface area contributed by atoms with Crippen molar-refractivity contribution in [3.63, 3.8) is 0 Å². The second-order valence-corrected chi connectivity index (χ2v) is 7.19. The van der Waals surface area contributed by atoms with Crippen LogP contribution >= 0.6 is 0 Å². The topological polar surface area (TPSA) is 0 Å². The molecule has 128 valence electrons. The van der Waals surface area contributed by atoms with Gasteiger partial charge in [-0.25, -0.2) is 0 Å². The van der Waals surface area contributed by atoms with Gasteiger partial charge in [0.1, 0.15) is 0 Å². The van der Waals surface area contributed by atoms with Gasteiger partial charge in [0.05, 0.1) is 0 Å². The van der Waals surface area contributed by atoms with E-state index in [1.54, 1.807) is 0 Å². The molecule has 0 nitrogen and oxygen atoms in total. The first-order chi connectivity index (χ1) is 10.2. The van der Waals surface area contributed by atoms with Crippen LogP contribution in [0.2, 0.25) is 0 Å². The molecule has 0 aromatic rings. The van der Waals surface area contributed by atoms with Crippen molar-refractivity contribution in [2.45, 2.75) is 125 Å². The Labute approximate surface area is 136 Å². The number of hydrogen-bond donors (Lipinski definition) is 0. The molecule has 0 saturated heterocycles. The third-order valence-corrected chi connectivity index (χ3v) is 5.95. The Morgan fingerprint density at radius 3 is 1.67 bits per heavy atom. The fourth-order valence-electron chi connectivity index (χ4n) is 4.23. The molecule has 0 heterocycles. The standard InChI is InChI=1S/C21H44/c1-6-11-13-14-15-16-18-20(8-3)21(9-4,10-5)19-17-12-7-2/h20H,6-19H2,1-5H3. The zero-order valence-corrected chi connectivity index (χ0v) is 16.0. The van der Waals surface area contributed by atoms with Crippen molar-refractivity contribution in [1.82, 2.24) is 0 Å². The molecule has 0 aromatic carbocycles. The Balaban J connectivity index is 4.26. The maximum Gasteiger partial charge on any atom is -0.0274 e. The van der Waals surface area contributed by atoms with E-state index in [2.05, 4.69) is 34.6 Å². The molecule has 21 heavy (non-hydrogen) atoms. The van der Waals surface area contributed by atoms with Gasteiger partial charge in [0.15, 0.2) is 0 Å². The number of hydrogen-bond acceptors (Lipinski definition) is 0. The first-order valence-corrected chi connectivity index (χ1v) is 10.2. The van der Waals surface area contributed by atoms with Crippen LogP contribution in [-0.2, 0) is 0 Å². The van der Waals surface area contributed by atoms with Crippen LogP contribution in [-0.4, -0.2) is 0 Å². The van der Waals surface area contributed by atoms with Gasteiger partial charge >= 0.3 is 0 Å². The number of unbranched alkanes of at least 4 members (excludes halogenated alkanes) is 7. The van der Waals surface area contributed by atoms with Crippen molar-refractivity contribution in [2.75, 3.05) is 0 Å². The smallest absolute Gasteiger partial charge is 0.0274 e. The Hall–Kier alpha value is 0. The second kappa shape index (κ2) is 13.6. The molecule has 0 aliphatic rings. The highest BCUT2D eigenvalue weighted by atomic mass is 14.4. The highest BCUT2D eigenvalue weighted by Crippen LogP contribution is 2.44. The van der Waals surface area contributed by atoms with E-state index in [0.29, 0.717) is 5.41 Å². The summed E-state index contributed by atoms with van der Waals surface area (Å²) in [6.07, 6.45) is 20.0. The van der Waals surface area contributed by atoms with Crippen LogP contribution in [0.25, 0.3) is 0 Å². The summed E-state index contributed by atoms with van der Waals surface area (Å²) in [5.74, 6) is 0.968. The molecule has 0 spiro atoms. The predicted octanol–water partition coefficient (Wildman–Crippen LogP) is 8.15. The summed E-state index contributed by atoms with van der Waals surface area (Å²) in [7, 11) is 0. The van der Waals surface area contributed by atoms with Gasteiger partial charge in [-0.3, -0.25) is 0 Å². The lowest BCUT2D eigenvalue weighted by Crippen LogP contribution is -2.29. The van der Waals surface area contributed by atoms with E-state index in [0.717, 1.165) is 5.92 Å². The van der Waals surface area contributed by atoms with Crippen LogP contribution in [0.15, 0.2) is 0 Å².